The molecule has 0 aliphatic carbocycles. The molecule has 1 heterocycles. The fourth-order valence-electron chi connectivity index (χ4n) is 1.66. The molecule has 1 aromatic heterocycles. The molecule has 114 valence electrons. The van der Waals surface area contributed by atoms with Crippen molar-refractivity contribution in [1.29, 1.82) is 0 Å². The van der Waals surface area contributed by atoms with Gasteiger partial charge in [-0.05, 0) is 21.0 Å². The van der Waals surface area contributed by atoms with Crippen molar-refractivity contribution in [1.82, 2.24) is 19.6 Å². The normalized spacial score (nSPS) is 15.2. The Bertz CT molecular complexity index is 673. The molecule has 0 bridgehead atoms. The maximum atomic E-state index is 11.9. The highest BCUT2D eigenvalue weighted by atomic mass is 32.2. The van der Waals surface area contributed by atoms with E-state index in [2.05, 4.69) is 9.71 Å². The summed E-state index contributed by atoms with van der Waals surface area (Å²) < 4.78 is 26.0. The van der Waals surface area contributed by atoms with Crippen LogP contribution in [0.1, 0.15) is 6.92 Å². The van der Waals surface area contributed by atoms with Crippen molar-refractivity contribution in [2.45, 2.75) is 17.4 Å². The van der Waals surface area contributed by atoms with E-state index in [1.165, 1.54) is 6.92 Å². The lowest BCUT2D eigenvalue weighted by Crippen LogP contribution is -2.47. The van der Waals surface area contributed by atoms with Crippen molar-refractivity contribution >= 4 is 10.0 Å². The Labute approximate surface area is 115 Å². The molecule has 0 radical (unpaired) electrons. The smallest absolute Gasteiger partial charge is 0.325 e. The van der Waals surface area contributed by atoms with Gasteiger partial charge in [-0.2, -0.15) is 0 Å². The predicted molar refractivity (Wildman–Crippen MR) is 72.0 cm³/mol. The summed E-state index contributed by atoms with van der Waals surface area (Å²) in [4.78, 5) is 27.2. The number of aromatic amines is 2. The molecule has 4 N–H and O–H groups in total. The highest BCUT2D eigenvalue weighted by Crippen LogP contribution is 2.05. The molecule has 0 saturated carbocycles. The Balaban J connectivity index is 2.91. The number of rotatable bonds is 6. The lowest BCUT2D eigenvalue weighted by atomic mass is 10.1. The van der Waals surface area contributed by atoms with Gasteiger partial charge in [-0.3, -0.25) is 9.78 Å². The Morgan fingerprint density at radius 1 is 1.40 bits per heavy atom. The SMILES string of the molecule is CN(C)CC(C)(O)CNS(=O)(=O)c1c[nH]c(=O)[nH]c1=O. The van der Waals surface area contributed by atoms with Gasteiger partial charge < -0.3 is 15.0 Å². The average molecular weight is 306 g/mol. The fourth-order valence-corrected chi connectivity index (χ4v) is 2.83. The van der Waals surface area contributed by atoms with Crippen LogP contribution in [0.2, 0.25) is 0 Å². The van der Waals surface area contributed by atoms with Gasteiger partial charge in [0.2, 0.25) is 10.0 Å². The van der Waals surface area contributed by atoms with Crippen LogP contribution in [0.5, 0.6) is 0 Å². The molecule has 0 aliphatic rings. The van der Waals surface area contributed by atoms with Crippen LogP contribution in [0.15, 0.2) is 20.7 Å². The molecule has 1 rings (SSSR count). The van der Waals surface area contributed by atoms with E-state index in [1.807, 2.05) is 4.98 Å². The molecule has 0 fully saturated rings. The molecule has 0 aromatic carbocycles. The second-order valence-electron chi connectivity index (χ2n) is 5.00. The predicted octanol–water partition coefficient (Wildman–Crippen LogP) is -2.35. The van der Waals surface area contributed by atoms with Crippen LogP contribution in [0.25, 0.3) is 0 Å². The fraction of sp³-hybridized carbons (Fsp3) is 0.600. The van der Waals surface area contributed by atoms with Crippen LogP contribution in [0.3, 0.4) is 0 Å². The number of nitrogens with one attached hydrogen (secondary N) is 3. The van der Waals surface area contributed by atoms with Gasteiger partial charge in [0.1, 0.15) is 0 Å². The number of sulfonamides is 1. The molecule has 10 heteroatoms. The molecular weight excluding hydrogens is 288 g/mol. The summed E-state index contributed by atoms with van der Waals surface area (Å²) in [5, 5.41) is 10.00. The number of hydrogen-bond donors (Lipinski definition) is 4. The van der Waals surface area contributed by atoms with Crippen LogP contribution in [-0.2, 0) is 10.0 Å². The number of nitrogens with zero attached hydrogens (tertiary/aromatic N) is 1. The number of aliphatic hydroxyl groups is 1. The first-order valence-electron chi connectivity index (χ1n) is 5.72. The third-order valence-corrected chi connectivity index (χ3v) is 3.78. The molecule has 1 atom stereocenters. The molecule has 9 nitrogen and oxygen atoms in total. The summed E-state index contributed by atoms with van der Waals surface area (Å²) in [6.45, 7) is 1.43. The molecular formula is C10H18N4O5S. The van der Waals surface area contributed by atoms with Crippen molar-refractivity contribution < 1.29 is 13.5 Å². The number of aromatic nitrogens is 2. The Hall–Kier alpha value is -1.49. The zero-order chi connectivity index (χ0) is 15.6. The quantitative estimate of drug-likeness (QED) is 0.465. The van der Waals surface area contributed by atoms with Gasteiger partial charge in [0, 0.05) is 19.3 Å². The molecule has 0 aliphatic heterocycles. The first-order chi connectivity index (χ1) is 9.03. The topological polar surface area (TPSA) is 135 Å². The number of likely N-dealkylation sites (N-methyl/N-ethyl adjacent to an activating group) is 1. The Morgan fingerprint density at radius 2 is 2.00 bits per heavy atom. The van der Waals surface area contributed by atoms with Crippen molar-refractivity contribution in [2.75, 3.05) is 27.2 Å². The van der Waals surface area contributed by atoms with Crippen molar-refractivity contribution in [2.24, 2.45) is 0 Å². The van der Waals surface area contributed by atoms with Gasteiger partial charge in [0.05, 0.1) is 5.60 Å². The van der Waals surface area contributed by atoms with E-state index in [4.69, 9.17) is 0 Å². The summed E-state index contributed by atoms with van der Waals surface area (Å²) in [7, 11) is -0.656. The minimum atomic E-state index is -4.12. The standard InChI is InChI=1S/C10H18N4O5S/c1-10(17,6-14(2)3)5-12-20(18,19)7-4-11-9(16)13-8(7)15/h4,12,17H,5-6H2,1-3H3,(H2,11,13,15,16). The van der Waals surface area contributed by atoms with Crippen LogP contribution in [0.4, 0.5) is 0 Å². The monoisotopic (exact) mass is 306 g/mol. The summed E-state index contributed by atoms with van der Waals surface area (Å²) in [6.07, 6.45) is 0.810. The zero-order valence-electron chi connectivity index (χ0n) is 11.4. The maximum Gasteiger partial charge on any atom is 0.325 e. The van der Waals surface area contributed by atoms with E-state index >= 15 is 0 Å². The van der Waals surface area contributed by atoms with Gasteiger partial charge in [0.25, 0.3) is 5.56 Å². The van der Waals surface area contributed by atoms with E-state index in [0.717, 1.165) is 6.20 Å². The van der Waals surface area contributed by atoms with Gasteiger partial charge in [0.15, 0.2) is 4.90 Å². The van der Waals surface area contributed by atoms with Crippen molar-refractivity contribution in [3.8, 4) is 0 Å². The summed E-state index contributed by atoms with van der Waals surface area (Å²) in [6, 6.07) is 0. The minimum Gasteiger partial charge on any atom is -0.387 e. The lowest BCUT2D eigenvalue weighted by Gasteiger charge is -2.26. The van der Waals surface area contributed by atoms with Crippen LogP contribution < -0.4 is 16.0 Å². The van der Waals surface area contributed by atoms with Gasteiger partial charge in [-0.25, -0.2) is 17.9 Å². The lowest BCUT2D eigenvalue weighted by molar-refractivity contribution is 0.0386. The van der Waals surface area contributed by atoms with E-state index in [9.17, 15) is 23.1 Å². The Kier molecular flexibility index (Phi) is 4.86. The molecule has 1 aromatic rings. The van der Waals surface area contributed by atoms with Gasteiger partial charge in [-0.15, -0.1) is 0 Å². The van der Waals surface area contributed by atoms with E-state index < -0.39 is 31.8 Å². The molecule has 20 heavy (non-hydrogen) atoms. The van der Waals surface area contributed by atoms with Crippen molar-refractivity contribution in [3.63, 3.8) is 0 Å². The maximum absolute atomic E-state index is 11.9. The first-order valence-corrected chi connectivity index (χ1v) is 7.21. The van der Waals surface area contributed by atoms with E-state index in [1.54, 1.807) is 19.0 Å². The summed E-state index contributed by atoms with van der Waals surface area (Å²) in [5.74, 6) is 0. The van der Waals surface area contributed by atoms with E-state index in [0.29, 0.717) is 0 Å². The van der Waals surface area contributed by atoms with Crippen LogP contribution in [0, 0.1) is 0 Å². The Morgan fingerprint density at radius 3 is 2.50 bits per heavy atom. The van der Waals surface area contributed by atoms with Crippen molar-refractivity contribution in [3.05, 3.63) is 27.0 Å². The van der Waals surface area contributed by atoms with Crippen LogP contribution >= 0.6 is 0 Å². The summed E-state index contributed by atoms with van der Waals surface area (Å²) in [5.41, 5.74) is -3.12. The molecule has 0 saturated heterocycles. The van der Waals surface area contributed by atoms with Gasteiger partial charge in [-0.1, -0.05) is 0 Å². The number of hydrogen-bond acceptors (Lipinski definition) is 6. The molecule has 1 unspecified atom stereocenters. The highest BCUT2D eigenvalue weighted by Gasteiger charge is 2.26. The van der Waals surface area contributed by atoms with Crippen LogP contribution in [-0.4, -0.2) is 61.2 Å². The van der Waals surface area contributed by atoms with Gasteiger partial charge >= 0.3 is 5.69 Å². The zero-order valence-corrected chi connectivity index (χ0v) is 12.2. The third kappa shape index (κ3) is 4.56. The second kappa shape index (κ2) is 5.87. The minimum absolute atomic E-state index is 0.234. The molecule has 0 amide bonds. The van der Waals surface area contributed by atoms with E-state index in [-0.39, 0.29) is 13.1 Å². The average Bonchev–Trinajstić information content (AvgIpc) is 2.24. The molecule has 0 spiro atoms. The summed E-state index contributed by atoms with van der Waals surface area (Å²) >= 11 is 0. The first kappa shape index (κ1) is 16.6. The third-order valence-electron chi connectivity index (χ3n) is 2.37. The number of H-pyrrole nitrogens is 2. The second-order valence-corrected chi connectivity index (χ2v) is 6.73. The largest absolute Gasteiger partial charge is 0.387 e. The highest BCUT2D eigenvalue weighted by molar-refractivity contribution is 7.89.